The molecule has 0 atom stereocenters. The topological polar surface area (TPSA) is 0 Å². The zero-order valence-electron chi connectivity index (χ0n) is 9.77. The minimum atomic E-state index is 0. The number of hydrogen-bond donors (Lipinski definition) is 0. The van der Waals surface area contributed by atoms with Crippen LogP contribution in [0, 0.1) is 0 Å². The smallest absolute Gasteiger partial charge is 0.0786 e. The van der Waals surface area contributed by atoms with Crippen LogP contribution in [0.25, 0.3) is 0 Å². The van der Waals surface area contributed by atoms with Crippen LogP contribution in [0.5, 0.6) is 0 Å². The van der Waals surface area contributed by atoms with E-state index in [0.717, 1.165) is 0 Å². The lowest BCUT2D eigenvalue weighted by Crippen LogP contribution is -3.00. The minimum Gasteiger partial charge on any atom is -1.00 e. The van der Waals surface area contributed by atoms with Gasteiger partial charge in [0, 0.05) is 0 Å². The van der Waals surface area contributed by atoms with Crippen LogP contribution < -0.4 is 12.4 Å². The van der Waals surface area contributed by atoms with E-state index in [4.69, 9.17) is 0 Å². The summed E-state index contributed by atoms with van der Waals surface area (Å²) in [5.74, 6) is 0. The van der Waals surface area contributed by atoms with E-state index in [-0.39, 0.29) is 12.4 Å². The van der Waals surface area contributed by atoms with Crippen LogP contribution in [0.3, 0.4) is 0 Å². The van der Waals surface area contributed by atoms with Gasteiger partial charge in [-0.15, -0.1) is 0 Å². The highest BCUT2D eigenvalue weighted by Gasteiger charge is 2.18. The monoisotopic (exact) mass is 207 g/mol. The molecule has 0 aliphatic carbocycles. The van der Waals surface area contributed by atoms with Crippen LogP contribution in [0.4, 0.5) is 0 Å². The van der Waals surface area contributed by atoms with Crippen molar-refractivity contribution >= 4 is 0 Å². The van der Waals surface area contributed by atoms with Crippen molar-refractivity contribution in [2.45, 2.75) is 47.0 Å². The van der Waals surface area contributed by atoms with E-state index < -0.39 is 0 Å². The molecular weight excluding hydrogens is 182 g/mol. The average molecular weight is 208 g/mol. The third-order valence-corrected chi connectivity index (χ3v) is 3.25. The Bertz CT molecular complexity index is 92.0. The third-order valence-electron chi connectivity index (χ3n) is 3.25. The highest BCUT2D eigenvalue weighted by molar-refractivity contribution is 4.41. The van der Waals surface area contributed by atoms with Gasteiger partial charge in [-0.05, 0) is 33.6 Å². The van der Waals surface area contributed by atoms with Gasteiger partial charge in [-0.2, -0.15) is 0 Å². The van der Waals surface area contributed by atoms with Crippen LogP contribution in [0.1, 0.15) is 47.0 Å². The molecule has 0 aliphatic heterocycles. The molecule has 0 unspecified atom stereocenters. The number of hydrogen-bond acceptors (Lipinski definition) is 0. The number of quaternary nitrogens is 1. The normalized spacial score (nSPS) is 11.1. The molecule has 82 valence electrons. The molecule has 0 bridgehead atoms. The summed E-state index contributed by atoms with van der Waals surface area (Å²) < 4.78 is 1.32. The minimum absolute atomic E-state index is 0. The van der Waals surface area contributed by atoms with Crippen molar-refractivity contribution in [2.24, 2.45) is 0 Å². The molecule has 0 saturated heterocycles. The Kier molecular flexibility index (Phi) is 10.7. The van der Waals surface area contributed by atoms with Gasteiger partial charge in [0.15, 0.2) is 0 Å². The van der Waals surface area contributed by atoms with E-state index in [1.165, 1.54) is 49.9 Å². The average Bonchev–Trinajstić information content (AvgIpc) is 2.14. The molecule has 0 fully saturated rings. The Morgan fingerprint density at radius 1 is 0.769 bits per heavy atom. The van der Waals surface area contributed by atoms with E-state index >= 15 is 0 Å². The molecule has 0 radical (unpaired) electrons. The van der Waals surface area contributed by atoms with Gasteiger partial charge in [0.25, 0.3) is 0 Å². The van der Waals surface area contributed by atoms with Crippen LogP contribution in [0.15, 0.2) is 0 Å². The summed E-state index contributed by atoms with van der Waals surface area (Å²) in [5, 5.41) is 0. The molecular formula is C11H26ClN. The molecule has 2 heteroatoms. The van der Waals surface area contributed by atoms with Gasteiger partial charge in [0.1, 0.15) is 0 Å². The Morgan fingerprint density at radius 2 is 1.23 bits per heavy atom. The molecule has 0 amide bonds. The summed E-state index contributed by atoms with van der Waals surface area (Å²) in [7, 11) is 0. The van der Waals surface area contributed by atoms with Crippen molar-refractivity contribution in [1.29, 1.82) is 0 Å². The zero-order chi connectivity index (χ0) is 9.45. The Hall–Kier alpha value is 0.250. The fourth-order valence-corrected chi connectivity index (χ4v) is 1.84. The lowest BCUT2D eigenvalue weighted by molar-refractivity contribution is -0.923. The van der Waals surface area contributed by atoms with E-state index in [1.54, 1.807) is 0 Å². The zero-order valence-corrected chi connectivity index (χ0v) is 10.5. The number of unbranched alkanes of at least 4 members (excludes halogenated alkanes) is 2. The molecule has 0 rings (SSSR count). The van der Waals surface area contributed by atoms with Gasteiger partial charge in [-0.1, -0.05) is 13.3 Å². The van der Waals surface area contributed by atoms with Crippen LogP contribution in [0.2, 0.25) is 0 Å². The van der Waals surface area contributed by atoms with Crippen molar-refractivity contribution in [2.75, 3.05) is 26.2 Å². The molecule has 0 spiro atoms. The first-order valence-electron chi connectivity index (χ1n) is 5.59. The van der Waals surface area contributed by atoms with Gasteiger partial charge in [-0.25, -0.2) is 0 Å². The summed E-state index contributed by atoms with van der Waals surface area (Å²) in [6.07, 6.45) is 4.16. The Morgan fingerprint density at radius 3 is 1.54 bits per heavy atom. The lowest BCUT2D eigenvalue weighted by atomic mass is 10.2. The molecule has 0 aromatic carbocycles. The van der Waals surface area contributed by atoms with Crippen molar-refractivity contribution < 1.29 is 16.9 Å². The second-order valence-corrected chi connectivity index (χ2v) is 3.72. The predicted octanol–water partition coefficient (Wildman–Crippen LogP) is 0.0571. The van der Waals surface area contributed by atoms with Crippen molar-refractivity contribution in [3.05, 3.63) is 0 Å². The summed E-state index contributed by atoms with van der Waals surface area (Å²) >= 11 is 0. The third kappa shape index (κ3) is 5.53. The molecule has 0 aromatic rings. The SMILES string of the molecule is CCCCC[N+](CC)(CC)CC.[Cl-]. The summed E-state index contributed by atoms with van der Waals surface area (Å²) in [6, 6.07) is 0. The van der Waals surface area contributed by atoms with E-state index in [0.29, 0.717) is 0 Å². The summed E-state index contributed by atoms with van der Waals surface area (Å²) in [5.41, 5.74) is 0. The standard InChI is InChI=1S/C11H26N.ClH/c1-5-9-10-11-12(6-2,7-3)8-4;/h5-11H2,1-4H3;1H/q+1;/p-1. The highest BCUT2D eigenvalue weighted by Crippen LogP contribution is 2.09. The van der Waals surface area contributed by atoms with Crippen molar-refractivity contribution in [3.8, 4) is 0 Å². The first-order chi connectivity index (χ1) is 5.74. The fourth-order valence-electron chi connectivity index (χ4n) is 1.84. The molecule has 0 saturated carbocycles. The largest absolute Gasteiger partial charge is 1.00 e. The fraction of sp³-hybridized carbons (Fsp3) is 1.00. The second-order valence-electron chi connectivity index (χ2n) is 3.72. The second kappa shape index (κ2) is 8.83. The maximum absolute atomic E-state index is 2.32. The molecule has 0 aromatic heterocycles. The Labute approximate surface area is 90.5 Å². The van der Waals surface area contributed by atoms with Crippen LogP contribution in [-0.2, 0) is 0 Å². The summed E-state index contributed by atoms with van der Waals surface area (Å²) in [4.78, 5) is 0. The van der Waals surface area contributed by atoms with Gasteiger partial charge in [0.2, 0.25) is 0 Å². The molecule has 1 nitrogen and oxygen atoms in total. The number of rotatable bonds is 7. The molecule has 0 N–H and O–H groups in total. The van der Waals surface area contributed by atoms with Crippen LogP contribution >= 0.6 is 0 Å². The number of halogens is 1. The highest BCUT2D eigenvalue weighted by atomic mass is 35.5. The van der Waals surface area contributed by atoms with Gasteiger partial charge >= 0.3 is 0 Å². The van der Waals surface area contributed by atoms with Gasteiger partial charge in [-0.3, -0.25) is 0 Å². The maximum Gasteiger partial charge on any atom is 0.0786 e. The van der Waals surface area contributed by atoms with Crippen molar-refractivity contribution in [1.82, 2.24) is 0 Å². The first-order valence-corrected chi connectivity index (χ1v) is 5.59. The molecule has 13 heavy (non-hydrogen) atoms. The number of nitrogens with zero attached hydrogens (tertiary/aromatic N) is 1. The summed E-state index contributed by atoms with van der Waals surface area (Å²) in [6.45, 7) is 14.5. The first kappa shape index (κ1) is 15.7. The maximum atomic E-state index is 2.32. The predicted molar refractivity (Wildman–Crippen MR) is 56.3 cm³/mol. The van der Waals surface area contributed by atoms with Gasteiger partial charge < -0.3 is 16.9 Å². The van der Waals surface area contributed by atoms with Crippen LogP contribution in [-0.4, -0.2) is 30.7 Å². The lowest BCUT2D eigenvalue weighted by Gasteiger charge is -2.35. The van der Waals surface area contributed by atoms with E-state index in [1.807, 2.05) is 0 Å². The van der Waals surface area contributed by atoms with E-state index in [2.05, 4.69) is 27.7 Å². The quantitative estimate of drug-likeness (QED) is 0.409. The van der Waals surface area contributed by atoms with E-state index in [9.17, 15) is 0 Å². The van der Waals surface area contributed by atoms with Crippen molar-refractivity contribution in [3.63, 3.8) is 0 Å². The molecule has 0 heterocycles. The van der Waals surface area contributed by atoms with Gasteiger partial charge in [0.05, 0.1) is 26.2 Å². The molecule has 0 aliphatic rings. The Balaban J connectivity index is 0.